The summed E-state index contributed by atoms with van der Waals surface area (Å²) in [5.41, 5.74) is 3.01. The van der Waals surface area contributed by atoms with Gasteiger partial charge in [0.2, 0.25) is 0 Å². The van der Waals surface area contributed by atoms with Crippen LogP contribution in [0.3, 0.4) is 0 Å². The van der Waals surface area contributed by atoms with Crippen molar-refractivity contribution < 1.29 is 14.9 Å². The third kappa shape index (κ3) is 3.88. The Morgan fingerprint density at radius 3 is 2.03 bits per heavy atom. The molecule has 3 nitrogen and oxygen atoms in total. The van der Waals surface area contributed by atoms with E-state index in [1.807, 2.05) is 24.3 Å². The largest absolute Gasteiger partial charge is 0.394 e. The Kier molecular flexibility index (Phi) is 5.56. The molecule has 0 amide bonds. The molecule has 6 rings (SSSR count). The van der Waals surface area contributed by atoms with Gasteiger partial charge in [-0.05, 0) is 60.8 Å². The van der Waals surface area contributed by atoms with Crippen molar-refractivity contribution in [3.05, 3.63) is 108 Å². The van der Waals surface area contributed by atoms with Gasteiger partial charge in [0.15, 0.2) is 0 Å². The monoisotopic (exact) mass is 456 g/mol. The average molecular weight is 457 g/mol. The summed E-state index contributed by atoms with van der Waals surface area (Å²) in [6.07, 6.45) is -0.864. The zero-order chi connectivity index (χ0) is 23.8. The molecule has 0 aromatic heterocycles. The predicted octanol–water partition coefficient (Wildman–Crippen LogP) is 6.01. The molecular formula is C32H24O3. The molecular weight excluding hydrogens is 432 g/mol. The molecule has 0 saturated heterocycles. The summed E-state index contributed by atoms with van der Waals surface area (Å²) in [5, 5.41) is 28.2. The molecule has 0 bridgehead atoms. The van der Waals surface area contributed by atoms with Crippen molar-refractivity contribution in [1.29, 1.82) is 0 Å². The highest BCUT2D eigenvalue weighted by atomic mass is 16.5. The molecule has 0 spiro atoms. The minimum atomic E-state index is -0.864. The lowest BCUT2D eigenvalue weighted by atomic mass is 9.92. The van der Waals surface area contributed by atoms with Gasteiger partial charge in [-0.15, -0.1) is 0 Å². The van der Waals surface area contributed by atoms with Gasteiger partial charge in [0.05, 0.1) is 19.8 Å². The van der Waals surface area contributed by atoms with Crippen LogP contribution in [0.25, 0.3) is 43.1 Å². The van der Waals surface area contributed by atoms with E-state index in [-0.39, 0.29) is 13.2 Å². The second kappa shape index (κ2) is 9.02. The Morgan fingerprint density at radius 1 is 0.629 bits per heavy atom. The second-order valence-corrected chi connectivity index (χ2v) is 8.89. The molecule has 0 heterocycles. The number of hydrogen-bond acceptors (Lipinski definition) is 3. The lowest BCUT2D eigenvalue weighted by molar-refractivity contribution is 0.000312. The fraction of sp³-hybridized carbons (Fsp3) is 0.125. The Bertz CT molecular complexity index is 1720. The van der Waals surface area contributed by atoms with Crippen molar-refractivity contribution >= 4 is 43.1 Å². The van der Waals surface area contributed by atoms with Crippen LogP contribution in [0.1, 0.15) is 16.7 Å². The van der Waals surface area contributed by atoms with E-state index in [9.17, 15) is 5.11 Å². The van der Waals surface area contributed by atoms with Crippen molar-refractivity contribution in [3.8, 4) is 11.8 Å². The highest BCUT2D eigenvalue weighted by Gasteiger charge is 2.10. The molecule has 0 radical (unpaired) electrons. The van der Waals surface area contributed by atoms with Crippen molar-refractivity contribution in [3.63, 3.8) is 0 Å². The molecule has 0 aliphatic rings. The van der Waals surface area contributed by atoms with Crippen LogP contribution in [0.5, 0.6) is 0 Å². The fourth-order valence-corrected chi connectivity index (χ4v) is 4.93. The molecule has 6 aromatic carbocycles. The van der Waals surface area contributed by atoms with E-state index in [2.05, 4.69) is 78.6 Å². The fourth-order valence-electron chi connectivity index (χ4n) is 4.93. The van der Waals surface area contributed by atoms with Crippen LogP contribution in [0.4, 0.5) is 0 Å². The molecule has 0 fully saturated rings. The van der Waals surface area contributed by atoms with E-state index < -0.39 is 6.10 Å². The molecule has 6 aromatic rings. The Morgan fingerprint density at radius 2 is 1.26 bits per heavy atom. The molecule has 0 aliphatic heterocycles. The summed E-state index contributed by atoms with van der Waals surface area (Å²) in [4.78, 5) is 0. The number of aliphatic hydroxyl groups excluding tert-OH is 2. The van der Waals surface area contributed by atoms with E-state index >= 15 is 0 Å². The van der Waals surface area contributed by atoms with Gasteiger partial charge in [0, 0.05) is 11.1 Å². The van der Waals surface area contributed by atoms with Crippen LogP contribution in [0, 0.1) is 11.8 Å². The number of benzene rings is 6. The zero-order valence-electron chi connectivity index (χ0n) is 19.2. The molecule has 3 heteroatoms. The normalized spacial score (nSPS) is 12.4. The zero-order valence-corrected chi connectivity index (χ0v) is 19.2. The first-order valence-corrected chi connectivity index (χ1v) is 11.8. The van der Waals surface area contributed by atoms with Crippen LogP contribution in [-0.4, -0.2) is 29.5 Å². The van der Waals surface area contributed by atoms with Gasteiger partial charge in [-0.1, -0.05) is 90.7 Å². The highest BCUT2D eigenvalue weighted by molar-refractivity contribution is 6.23. The second-order valence-electron chi connectivity index (χ2n) is 8.89. The van der Waals surface area contributed by atoms with Crippen molar-refractivity contribution in [2.45, 2.75) is 12.7 Å². The standard InChI is InChI=1S/C32H24O3/c33-18-27(34)20-35-19-26-15-11-21(28-6-1-2-7-29(26)28)8-9-22-10-12-25-14-13-23-4-3-5-24-16-17-30(22)32(25)31(23)24/h1-7,10-17,27,33-34H,18-20H2/t27-/m1/s1. The number of hydrogen-bond donors (Lipinski definition) is 2. The van der Waals surface area contributed by atoms with E-state index in [1.165, 1.54) is 32.3 Å². The summed E-state index contributed by atoms with van der Waals surface area (Å²) in [6, 6.07) is 31.7. The van der Waals surface area contributed by atoms with Gasteiger partial charge in [-0.2, -0.15) is 0 Å². The van der Waals surface area contributed by atoms with E-state index in [1.54, 1.807) is 0 Å². The molecule has 35 heavy (non-hydrogen) atoms. The maximum atomic E-state index is 9.54. The summed E-state index contributed by atoms with van der Waals surface area (Å²) in [5.74, 6) is 6.88. The first-order valence-electron chi connectivity index (χ1n) is 11.8. The average Bonchev–Trinajstić information content (AvgIpc) is 2.91. The number of aliphatic hydroxyl groups is 2. The quantitative estimate of drug-likeness (QED) is 0.247. The summed E-state index contributed by atoms with van der Waals surface area (Å²) in [6.45, 7) is 0.152. The van der Waals surface area contributed by atoms with Crippen LogP contribution < -0.4 is 0 Å². The minimum absolute atomic E-state index is 0.0983. The molecule has 0 saturated carbocycles. The first kappa shape index (κ1) is 21.6. The summed E-state index contributed by atoms with van der Waals surface area (Å²) >= 11 is 0. The molecule has 2 N–H and O–H groups in total. The van der Waals surface area contributed by atoms with Gasteiger partial charge < -0.3 is 14.9 Å². The summed E-state index contributed by atoms with van der Waals surface area (Å²) in [7, 11) is 0. The maximum Gasteiger partial charge on any atom is 0.100 e. The van der Waals surface area contributed by atoms with Gasteiger partial charge in [0.1, 0.15) is 6.10 Å². The third-order valence-electron chi connectivity index (χ3n) is 6.65. The molecule has 0 unspecified atom stereocenters. The molecule has 1 atom stereocenters. The van der Waals surface area contributed by atoms with E-state index in [0.29, 0.717) is 6.61 Å². The lowest BCUT2D eigenvalue weighted by Gasteiger charge is -2.12. The van der Waals surface area contributed by atoms with Crippen LogP contribution >= 0.6 is 0 Å². The number of fused-ring (bicyclic) bond motifs is 1. The molecule has 0 aliphatic carbocycles. The lowest BCUT2D eigenvalue weighted by Crippen LogP contribution is -2.19. The topological polar surface area (TPSA) is 49.7 Å². The van der Waals surface area contributed by atoms with E-state index in [4.69, 9.17) is 9.84 Å². The van der Waals surface area contributed by atoms with Crippen molar-refractivity contribution in [2.24, 2.45) is 0 Å². The Labute approximate surface area is 203 Å². The van der Waals surface area contributed by atoms with Crippen molar-refractivity contribution in [2.75, 3.05) is 13.2 Å². The summed E-state index contributed by atoms with van der Waals surface area (Å²) < 4.78 is 5.61. The third-order valence-corrected chi connectivity index (χ3v) is 6.65. The first-order chi connectivity index (χ1) is 17.2. The van der Waals surface area contributed by atoms with Gasteiger partial charge in [0.25, 0.3) is 0 Å². The van der Waals surface area contributed by atoms with Crippen LogP contribution in [0.15, 0.2) is 91.0 Å². The maximum absolute atomic E-state index is 9.54. The van der Waals surface area contributed by atoms with Crippen LogP contribution in [-0.2, 0) is 11.3 Å². The van der Waals surface area contributed by atoms with E-state index in [0.717, 1.165) is 27.5 Å². The van der Waals surface area contributed by atoms with Crippen LogP contribution in [0.2, 0.25) is 0 Å². The van der Waals surface area contributed by atoms with Crippen molar-refractivity contribution in [1.82, 2.24) is 0 Å². The van der Waals surface area contributed by atoms with Gasteiger partial charge in [-0.25, -0.2) is 0 Å². The molecule has 170 valence electrons. The van der Waals surface area contributed by atoms with Gasteiger partial charge in [-0.3, -0.25) is 0 Å². The highest BCUT2D eigenvalue weighted by Crippen LogP contribution is 2.35. The smallest absolute Gasteiger partial charge is 0.100 e. The number of ether oxygens (including phenoxy) is 1. The van der Waals surface area contributed by atoms with Gasteiger partial charge >= 0.3 is 0 Å². The Hall–Kier alpha value is -3.94. The Balaban J connectivity index is 1.42. The minimum Gasteiger partial charge on any atom is -0.394 e. The SMILES string of the molecule is OC[C@@H](O)COCc1ccc(C#Cc2ccc3ccc4cccc5ccc2c3c45)c2ccccc12. The number of rotatable bonds is 5. The predicted molar refractivity (Wildman–Crippen MR) is 143 cm³/mol.